The normalized spacial score (nSPS) is 13.1. The Labute approximate surface area is 469 Å². The van der Waals surface area contributed by atoms with Crippen molar-refractivity contribution in [3.05, 3.63) is 97.1 Å². The maximum absolute atomic E-state index is 14.9. The molecule has 75 heavy (non-hydrogen) atoms. The van der Waals surface area contributed by atoms with Crippen LogP contribution in [0, 0.1) is 0 Å². The summed E-state index contributed by atoms with van der Waals surface area (Å²) in [5, 5.41) is 9.50. The van der Waals surface area contributed by atoms with Crippen LogP contribution in [0.15, 0.2) is 102 Å². The second-order valence-electron chi connectivity index (χ2n) is 22.5. The summed E-state index contributed by atoms with van der Waals surface area (Å²) in [7, 11) is -7.98. The minimum absolute atomic E-state index is 0.0902. The summed E-state index contributed by atoms with van der Waals surface area (Å²) in [6.45, 7) is 24.2. The van der Waals surface area contributed by atoms with Gasteiger partial charge in [0.25, 0.3) is 0 Å². The topological polar surface area (TPSA) is 3.24 Å². The zero-order chi connectivity index (χ0) is 54.6. The Morgan fingerprint density at radius 3 is 0.893 bits per heavy atom. The van der Waals surface area contributed by atoms with Crippen LogP contribution in [0.1, 0.15) is 198 Å². The van der Waals surface area contributed by atoms with E-state index in [2.05, 4.69) is 153 Å². The van der Waals surface area contributed by atoms with Crippen LogP contribution in [0.4, 0.5) is 13.2 Å². The lowest BCUT2D eigenvalue weighted by atomic mass is 10.3. The number of halogens is 3. The van der Waals surface area contributed by atoms with Crippen LogP contribution in [0.2, 0.25) is 54.4 Å². The highest BCUT2D eigenvalue weighted by molar-refractivity contribution is 8.01. The fourth-order valence-electron chi connectivity index (χ4n) is 12.2. The van der Waals surface area contributed by atoms with Crippen LogP contribution < -0.4 is 36.8 Å². The SMILES string of the molecule is CCCCN(P(c1ccc([Si](CCCC)(CCCC)CCCC)cc1)c1ccc([Si](CCCC)(CCCC)CCCC)cc1)P(c1ccc([Si](CCCC)(CCCC)CCCC)cc1)c1ccccc1SC(F)(F)F. The van der Waals surface area contributed by atoms with Crippen LogP contribution in [0.25, 0.3) is 0 Å². The summed E-state index contributed by atoms with van der Waals surface area (Å²) < 4.78 is 47.4. The molecule has 0 N–H and O–H groups in total. The van der Waals surface area contributed by atoms with E-state index in [0.717, 1.165) is 24.7 Å². The molecule has 0 aliphatic rings. The van der Waals surface area contributed by atoms with Gasteiger partial charge in [-0.25, -0.2) is 4.44 Å². The van der Waals surface area contributed by atoms with E-state index in [1.807, 2.05) is 12.1 Å². The van der Waals surface area contributed by atoms with Gasteiger partial charge in [-0.3, -0.25) is 0 Å². The van der Waals surface area contributed by atoms with Crippen LogP contribution in [-0.4, -0.2) is 40.7 Å². The Morgan fingerprint density at radius 1 is 0.360 bits per heavy atom. The second-order valence-corrected chi connectivity index (χ2v) is 42.1. The molecule has 1 nitrogen and oxygen atoms in total. The number of thioether (sulfide) groups is 1. The van der Waals surface area contributed by atoms with Gasteiger partial charge in [0.05, 0.1) is 24.2 Å². The first kappa shape index (κ1) is 66.0. The van der Waals surface area contributed by atoms with E-state index in [9.17, 15) is 13.2 Å². The first-order valence-corrected chi connectivity index (χ1v) is 42.1. The molecular formula is C65H106F3NP2SSi3. The van der Waals surface area contributed by atoms with Gasteiger partial charge in [-0.15, -0.1) is 0 Å². The highest BCUT2D eigenvalue weighted by atomic mass is 32.2. The highest BCUT2D eigenvalue weighted by Gasteiger charge is 2.40. The number of hydrogen-bond acceptors (Lipinski definition) is 2. The fourth-order valence-corrected chi connectivity index (χ4v) is 35.9. The molecule has 10 heteroatoms. The molecular weight excluding hydrogens is 1030 g/mol. The van der Waals surface area contributed by atoms with Gasteiger partial charge < -0.3 is 0 Å². The van der Waals surface area contributed by atoms with E-state index < -0.39 is 45.9 Å². The van der Waals surface area contributed by atoms with Gasteiger partial charge in [-0.05, 0) is 40.2 Å². The molecule has 1 atom stereocenters. The van der Waals surface area contributed by atoms with Gasteiger partial charge in [-0.1, -0.05) is 352 Å². The maximum atomic E-state index is 14.9. The van der Waals surface area contributed by atoms with Gasteiger partial charge in [0, 0.05) is 32.9 Å². The van der Waals surface area contributed by atoms with E-state index in [-0.39, 0.29) is 11.8 Å². The Bertz CT molecular complexity index is 1980. The van der Waals surface area contributed by atoms with E-state index in [4.69, 9.17) is 0 Å². The van der Waals surface area contributed by atoms with Gasteiger partial charge >= 0.3 is 5.51 Å². The molecule has 1 unspecified atom stereocenters. The first-order chi connectivity index (χ1) is 36.3. The van der Waals surface area contributed by atoms with Crippen molar-refractivity contribution in [3.63, 3.8) is 0 Å². The summed E-state index contributed by atoms with van der Waals surface area (Å²) in [5.74, 6) is 0. The first-order valence-electron chi connectivity index (χ1n) is 30.9. The molecule has 0 aliphatic heterocycles. The third-order valence-electron chi connectivity index (χ3n) is 16.7. The van der Waals surface area contributed by atoms with Gasteiger partial charge in [0.2, 0.25) is 0 Å². The van der Waals surface area contributed by atoms with Crippen molar-refractivity contribution < 1.29 is 13.2 Å². The fraction of sp³-hybridized carbons (Fsp3) is 0.631. The molecule has 4 aromatic carbocycles. The second kappa shape index (κ2) is 35.3. The minimum Gasteiger partial charge on any atom is -0.245 e. The highest BCUT2D eigenvalue weighted by Crippen LogP contribution is 2.56. The third kappa shape index (κ3) is 19.6. The van der Waals surface area contributed by atoms with Crippen molar-refractivity contribution in [2.24, 2.45) is 0 Å². The van der Waals surface area contributed by atoms with Crippen molar-refractivity contribution >= 4 is 88.9 Å². The molecule has 0 spiro atoms. The minimum atomic E-state index is -4.40. The van der Waals surface area contributed by atoms with Crippen molar-refractivity contribution in [3.8, 4) is 0 Å². The van der Waals surface area contributed by atoms with Crippen molar-refractivity contribution in [1.29, 1.82) is 0 Å². The molecule has 0 aromatic heterocycles. The molecule has 420 valence electrons. The average Bonchev–Trinajstić information content (AvgIpc) is 3.43. The standard InChI is InChI=1S/C65H106F3NP2SSi3/c1-11-21-47-69(71(63-33-31-32-34-64(63)72-65(66,67)68)59-39-45-62(46-40-59)75(54-28-18-8,55-29-19-9)56-30-20-10)70(57-35-41-60(42-36-57)73(48-22-12-2,49-23-13-3)50-24-14-4)58-37-43-61(44-38-58)74(51-25-15-5,52-26-16-6)53-27-17-7/h31-46H,11-30,47-56H2,1-10H3. The summed E-state index contributed by atoms with van der Waals surface area (Å²) >= 11 is 0.0902. The molecule has 0 saturated heterocycles. The summed E-state index contributed by atoms with van der Waals surface area (Å²) in [6, 6.07) is 49.9. The van der Waals surface area contributed by atoms with Gasteiger partial charge in [0.1, 0.15) is 0 Å². The molecule has 0 bridgehead atoms. The monoisotopic (exact) mass is 1140 g/mol. The number of unbranched alkanes of at least 4 members (excludes halogenated alkanes) is 10. The van der Waals surface area contributed by atoms with Crippen LogP contribution in [0.5, 0.6) is 0 Å². The predicted octanol–water partition coefficient (Wildman–Crippen LogP) is 20.0. The van der Waals surface area contributed by atoms with E-state index in [0.29, 0.717) is 4.90 Å². The Hall–Kier alpha value is -1.51. The molecule has 0 radical (unpaired) electrons. The Morgan fingerprint density at radius 2 is 0.627 bits per heavy atom. The zero-order valence-electron chi connectivity index (χ0n) is 49.3. The molecule has 0 aliphatic carbocycles. The number of rotatable bonds is 40. The van der Waals surface area contributed by atoms with E-state index in [1.165, 1.54) is 186 Å². The largest absolute Gasteiger partial charge is 0.446 e. The quantitative estimate of drug-likeness (QED) is 0.0248. The van der Waals surface area contributed by atoms with Gasteiger partial charge in [0.15, 0.2) is 0 Å². The number of nitrogens with zero attached hydrogens (tertiary/aromatic N) is 1. The number of benzene rings is 4. The molecule has 0 amide bonds. The molecule has 4 aromatic rings. The lowest BCUT2D eigenvalue weighted by Gasteiger charge is -2.41. The Kier molecular flexibility index (Phi) is 31.0. The van der Waals surface area contributed by atoms with Gasteiger partial charge in [-0.2, -0.15) is 13.2 Å². The average molecular weight is 1140 g/mol. The van der Waals surface area contributed by atoms with Crippen molar-refractivity contribution in [2.45, 2.75) is 262 Å². The van der Waals surface area contributed by atoms with Crippen molar-refractivity contribution in [2.75, 3.05) is 6.54 Å². The van der Waals surface area contributed by atoms with E-state index >= 15 is 0 Å². The van der Waals surface area contributed by atoms with Crippen LogP contribution in [-0.2, 0) is 0 Å². The lowest BCUT2D eigenvalue weighted by Crippen LogP contribution is -2.48. The molecule has 0 heterocycles. The summed E-state index contributed by atoms with van der Waals surface area (Å²) in [5.41, 5.74) is -4.40. The maximum Gasteiger partial charge on any atom is 0.446 e. The number of hydrogen-bond donors (Lipinski definition) is 0. The molecule has 4 rings (SSSR count). The smallest absolute Gasteiger partial charge is 0.245 e. The van der Waals surface area contributed by atoms with Crippen LogP contribution in [0.3, 0.4) is 0 Å². The predicted molar refractivity (Wildman–Crippen MR) is 345 cm³/mol. The third-order valence-corrected chi connectivity index (χ3v) is 39.8. The summed E-state index contributed by atoms with van der Waals surface area (Å²) in [4.78, 5) is 0.344. The summed E-state index contributed by atoms with van der Waals surface area (Å²) in [6.07, 6.45) is 24.6. The molecule has 0 saturated carbocycles. The van der Waals surface area contributed by atoms with Crippen molar-refractivity contribution in [1.82, 2.24) is 4.44 Å². The number of alkyl halides is 3. The zero-order valence-corrected chi connectivity index (χ0v) is 54.9. The molecule has 0 fully saturated rings. The van der Waals surface area contributed by atoms with E-state index in [1.54, 1.807) is 21.6 Å². The Balaban J connectivity index is 2.14. The van der Waals surface area contributed by atoms with Crippen LogP contribution >= 0.6 is 27.9 Å². The lowest BCUT2D eigenvalue weighted by molar-refractivity contribution is -0.0327.